The van der Waals surface area contributed by atoms with Gasteiger partial charge in [-0.2, -0.15) is 10.2 Å². The molecule has 0 saturated carbocycles. The number of hydrogen-bond donors (Lipinski definition) is 2. The van der Waals surface area contributed by atoms with Crippen LogP contribution in [0.2, 0.25) is 0 Å². The van der Waals surface area contributed by atoms with Gasteiger partial charge < -0.3 is 10.1 Å². The van der Waals surface area contributed by atoms with Gasteiger partial charge in [0.1, 0.15) is 5.75 Å². The Hall–Kier alpha value is -3.64. The van der Waals surface area contributed by atoms with Crippen molar-refractivity contribution < 1.29 is 22.7 Å². The Labute approximate surface area is 188 Å². The lowest BCUT2D eigenvalue weighted by Crippen LogP contribution is -2.31. The summed E-state index contributed by atoms with van der Waals surface area (Å²) in [5.41, 5.74) is 0.665. The van der Waals surface area contributed by atoms with Gasteiger partial charge in [-0.15, -0.1) is 11.3 Å². The van der Waals surface area contributed by atoms with Gasteiger partial charge in [-0.05, 0) is 43.3 Å². The molecule has 1 aromatic heterocycles. The largest absolute Gasteiger partial charge is 0.495 e. The molecule has 1 heterocycles. The predicted octanol–water partition coefficient (Wildman–Crippen LogP) is 3.63. The highest BCUT2D eigenvalue weighted by molar-refractivity contribution is 7.93. The van der Waals surface area contributed by atoms with E-state index < -0.39 is 27.8 Å². The maximum Gasteiger partial charge on any atom is 0.263 e. The number of nitrogens with zero attached hydrogens (tertiary/aromatic N) is 3. The van der Waals surface area contributed by atoms with Crippen molar-refractivity contribution in [2.45, 2.75) is 17.9 Å². The number of benzene rings is 2. The minimum atomic E-state index is -3.80. The number of thiazole rings is 1. The molecule has 0 unspecified atom stereocenters. The molecule has 0 radical (unpaired) electrons. The van der Waals surface area contributed by atoms with Gasteiger partial charge in [0.15, 0.2) is 10.9 Å². The van der Waals surface area contributed by atoms with E-state index in [0.29, 0.717) is 11.4 Å². The first-order valence-corrected chi connectivity index (χ1v) is 11.5. The first-order chi connectivity index (χ1) is 15.3. The summed E-state index contributed by atoms with van der Waals surface area (Å²) in [5.74, 6) is -0.742. The van der Waals surface area contributed by atoms with Crippen LogP contribution >= 0.6 is 11.3 Å². The molecule has 0 spiro atoms. The quantitative estimate of drug-likeness (QED) is 0.359. The number of amides is 1. The van der Waals surface area contributed by atoms with E-state index in [1.54, 1.807) is 29.6 Å². The summed E-state index contributed by atoms with van der Waals surface area (Å²) in [7, 11) is -2.34. The molecule has 0 aliphatic carbocycles. The first kappa shape index (κ1) is 23.0. The van der Waals surface area contributed by atoms with Crippen molar-refractivity contribution in [3.8, 4) is 5.75 Å². The van der Waals surface area contributed by atoms with Crippen molar-refractivity contribution in [2.75, 3.05) is 17.1 Å². The number of anilines is 2. The maximum absolute atomic E-state index is 12.5. The maximum atomic E-state index is 12.5. The molecule has 0 bridgehead atoms. The molecule has 10 nitrogen and oxygen atoms in total. The lowest BCUT2D eigenvalue weighted by Gasteiger charge is -2.12. The number of carbonyl (C=O) groups is 2. The number of azo groups is 1. The van der Waals surface area contributed by atoms with Gasteiger partial charge in [0.25, 0.3) is 15.9 Å². The molecule has 2 N–H and O–H groups in total. The van der Waals surface area contributed by atoms with Crippen LogP contribution in [0.1, 0.15) is 6.92 Å². The second-order valence-corrected chi connectivity index (χ2v) is 8.93. The van der Waals surface area contributed by atoms with E-state index in [4.69, 9.17) is 4.74 Å². The van der Waals surface area contributed by atoms with Crippen LogP contribution in [0.5, 0.6) is 5.75 Å². The van der Waals surface area contributed by atoms with Crippen molar-refractivity contribution in [1.29, 1.82) is 0 Å². The highest BCUT2D eigenvalue weighted by atomic mass is 32.2. The number of ether oxygens (including phenoxy) is 1. The van der Waals surface area contributed by atoms with Gasteiger partial charge >= 0.3 is 0 Å². The lowest BCUT2D eigenvalue weighted by molar-refractivity contribution is -0.126. The van der Waals surface area contributed by atoms with E-state index >= 15 is 0 Å². The molecular formula is C20H19N5O5S2. The fourth-order valence-electron chi connectivity index (χ4n) is 2.53. The predicted molar refractivity (Wildman–Crippen MR) is 120 cm³/mol. The number of hydrogen-bond acceptors (Lipinski definition) is 9. The van der Waals surface area contributed by atoms with Crippen LogP contribution in [0.25, 0.3) is 0 Å². The Morgan fingerprint density at radius 3 is 2.47 bits per heavy atom. The number of methoxy groups -OCH3 is 1. The lowest BCUT2D eigenvalue weighted by atomic mass is 10.2. The number of carbonyl (C=O) groups excluding carboxylic acids is 2. The summed E-state index contributed by atoms with van der Waals surface area (Å²) < 4.78 is 32.3. The zero-order valence-electron chi connectivity index (χ0n) is 17.1. The summed E-state index contributed by atoms with van der Waals surface area (Å²) in [4.78, 5) is 28.4. The Bertz CT molecular complexity index is 1230. The van der Waals surface area contributed by atoms with E-state index in [-0.39, 0.29) is 15.7 Å². The zero-order valence-corrected chi connectivity index (χ0v) is 18.7. The molecule has 0 aliphatic heterocycles. The molecule has 2 aromatic carbocycles. The van der Waals surface area contributed by atoms with Crippen LogP contribution in [0.15, 0.2) is 75.2 Å². The summed E-state index contributed by atoms with van der Waals surface area (Å²) >= 11 is 1.15. The number of Topliss-reactive ketones (excluding diaryl/α,β-unsaturated/α-hetero) is 1. The smallest absolute Gasteiger partial charge is 0.263 e. The average molecular weight is 474 g/mol. The van der Waals surface area contributed by atoms with Crippen molar-refractivity contribution in [3.05, 3.63) is 60.1 Å². The molecule has 0 fully saturated rings. The van der Waals surface area contributed by atoms with Gasteiger partial charge in [-0.25, -0.2) is 13.4 Å². The number of para-hydroxylation sites is 2. The minimum absolute atomic E-state index is 0.00341. The normalized spacial score (nSPS) is 12.3. The number of ketones is 1. The molecule has 0 aliphatic rings. The third-order valence-electron chi connectivity index (χ3n) is 4.09. The van der Waals surface area contributed by atoms with Gasteiger partial charge in [-0.3, -0.25) is 14.3 Å². The van der Waals surface area contributed by atoms with Gasteiger partial charge in [0.05, 0.1) is 23.4 Å². The minimum Gasteiger partial charge on any atom is -0.495 e. The molecule has 1 amide bonds. The highest BCUT2D eigenvalue weighted by Gasteiger charge is 2.24. The number of rotatable bonds is 9. The Balaban J connectivity index is 1.72. The molecule has 1 atom stereocenters. The van der Waals surface area contributed by atoms with Gasteiger partial charge in [-0.1, -0.05) is 12.1 Å². The van der Waals surface area contributed by atoms with Crippen LogP contribution in [0.4, 0.5) is 16.5 Å². The van der Waals surface area contributed by atoms with E-state index in [9.17, 15) is 18.0 Å². The highest BCUT2D eigenvalue weighted by Crippen LogP contribution is 2.24. The zero-order chi connectivity index (χ0) is 23.1. The fourth-order valence-corrected chi connectivity index (χ4v) is 4.32. The van der Waals surface area contributed by atoms with E-state index in [1.165, 1.54) is 44.5 Å². The number of aromatic nitrogens is 1. The summed E-state index contributed by atoms with van der Waals surface area (Å²) in [5, 5.41) is 12.3. The fraction of sp³-hybridized carbons (Fsp3) is 0.150. The van der Waals surface area contributed by atoms with Crippen LogP contribution in [0, 0.1) is 0 Å². The van der Waals surface area contributed by atoms with Gasteiger partial charge in [0.2, 0.25) is 6.04 Å². The average Bonchev–Trinajstić information content (AvgIpc) is 3.26. The third kappa shape index (κ3) is 5.74. The molecule has 12 heteroatoms. The third-order valence-corrected chi connectivity index (χ3v) is 6.26. The topological polar surface area (TPSA) is 139 Å². The van der Waals surface area contributed by atoms with E-state index in [1.807, 2.05) is 0 Å². The summed E-state index contributed by atoms with van der Waals surface area (Å²) in [6, 6.07) is 10.9. The first-order valence-electron chi connectivity index (χ1n) is 9.18. The second-order valence-electron chi connectivity index (χ2n) is 6.35. The Morgan fingerprint density at radius 1 is 1.12 bits per heavy atom. The van der Waals surface area contributed by atoms with Gasteiger partial charge in [0, 0.05) is 11.6 Å². The number of nitrogens with one attached hydrogen (secondary N) is 2. The van der Waals surface area contributed by atoms with Crippen molar-refractivity contribution in [1.82, 2.24) is 4.98 Å². The summed E-state index contributed by atoms with van der Waals surface area (Å²) in [6.45, 7) is 1.23. The molecule has 32 heavy (non-hydrogen) atoms. The molecule has 0 saturated heterocycles. The number of sulfonamides is 1. The molecular weight excluding hydrogens is 454 g/mol. The van der Waals surface area contributed by atoms with Crippen LogP contribution in [-0.4, -0.2) is 38.2 Å². The molecule has 3 rings (SSSR count). The van der Waals surface area contributed by atoms with Crippen LogP contribution in [-0.2, 0) is 19.6 Å². The van der Waals surface area contributed by atoms with Crippen molar-refractivity contribution >= 4 is 49.6 Å². The monoisotopic (exact) mass is 473 g/mol. The van der Waals surface area contributed by atoms with Crippen LogP contribution in [0.3, 0.4) is 0 Å². The molecule has 166 valence electrons. The molecule has 3 aromatic rings. The van der Waals surface area contributed by atoms with E-state index in [2.05, 4.69) is 25.3 Å². The van der Waals surface area contributed by atoms with E-state index in [0.717, 1.165) is 11.3 Å². The Kier molecular flexibility index (Phi) is 7.28. The van der Waals surface area contributed by atoms with Crippen molar-refractivity contribution in [2.24, 2.45) is 10.2 Å². The Morgan fingerprint density at radius 2 is 1.84 bits per heavy atom. The van der Waals surface area contributed by atoms with Crippen molar-refractivity contribution in [3.63, 3.8) is 0 Å². The van der Waals surface area contributed by atoms with Crippen LogP contribution < -0.4 is 14.8 Å². The standard InChI is InChI=1S/C20H19N5O5S2/c1-13(26)18(19(27)22-16-5-3-4-6-17(16)30-2)24-23-14-7-9-15(10-8-14)32(28,29)25-20-21-11-12-31-20/h3-12,18H,1-2H3,(H,21,25)(H,22,27)/t18-/m1/s1. The summed E-state index contributed by atoms with van der Waals surface area (Å²) in [6.07, 6.45) is 1.49. The SMILES string of the molecule is COc1ccccc1NC(=O)[C@H](N=Nc1ccc(S(=O)(=O)Nc2nccs2)cc1)C(C)=O. The second kappa shape index (κ2) is 10.1.